The molecule has 6 heteroatoms. The smallest absolute Gasteiger partial charge is 0.235 e. The van der Waals surface area contributed by atoms with Gasteiger partial charge < -0.3 is 5.11 Å². The zero-order valence-corrected chi connectivity index (χ0v) is 11.7. The van der Waals surface area contributed by atoms with Gasteiger partial charge in [-0.15, -0.1) is 10.2 Å². The molecule has 0 aliphatic carbocycles. The zero-order valence-electron chi connectivity index (χ0n) is 10.8. The standard InChI is InChI=1S/C15H10N4OS/c20-12-8-6-11(7-9-12)14-18-19-13(16-17-15(19)21-14)10-4-2-1-3-5-10/h1-9,20H. The Morgan fingerprint density at radius 2 is 1.62 bits per heavy atom. The third-order valence-corrected chi connectivity index (χ3v) is 4.08. The average Bonchev–Trinajstić information content (AvgIpc) is 3.09. The molecule has 0 fully saturated rings. The van der Waals surface area contributed by atoms with Gasteiger partial charge in [-0.25, -0.2) is 0 Å². The first-order chi connectivity index (χ1) is 10.3. The Balaban J connectivity index is 1.84. The molecule has 2 aromatic carbocycles. The monoisotopic (exact) mass is 294 g/mol. The summed E-state index contributed by atoms with van der Waals surface area (Å²) >= 11 is 1.47. The van der Waals surface area contributed by atoms with Crippen molar-refractivity contribution in [3.05, 3.63) is 54.6 Å². The van der Waals surface area contributed by atoms with Crippen LogP contribution in [-0.4, -0.2) is 24.9 Å². The Labute approximate surface area is 124 Å². The van der Waals surface area contributed by atoms with Crippen molar-refractivity contribution in [3.8, 4) is 27.7 Å². The maximum absolute atomic E-state index is 9.35. The second-order valence-corrected chi connectivity index (χ2v) is 5.49. The maximum atomic E-state index is 9.35. The lowest BCUT2D eigenvalue weighted by Gasteiger charge is -1.97. The Kier molecular flexibility index (Phi) is 2.68. The van der Waals surface area contributed by atoms with E-state index in [4.69, 9.17) is 0 Å². The van der Waals surface area contributed by atoms with Crippen LogP contribution in [0.15, 0.2) is 54.6 Å². The second kappa shape index (κ2) is 4.68. The minimum absolute atomic E-state index is 0.242. The molecule has 0 radical (unpaired) electrons. The van der Waals surface area contributed by atoms with Gasteiger partial charge in [0.1, 0.15) is 10.8 Å². The van der Waals surface area contributed by atoms with Crippen LogP contribution in [0.5, 0.6) is 5.75 Å². The largest absolute Gasteiger partial charge is 0.508 e. The van der Waals surface area contributed by atoms with Crippen LogP contribution < -0.4 is 0 Å². The number of aromatic nitrogens is 4. The van der Waals surface area contributed by atoms with E-state index >= 15 is 0 Å². The van der Waals surface area contributed by atoms with Crippen LogP contribution >= 0.6 is 11.3 Å². The Bertz CT molecular complexity index is 896. The van der Waals surface area contributed by atoms with E-state index in [1.165, 1.54) is 11.3 Å². The fraction of sp³-hybridized carbons (Fsp3) is 0. The van der Waals surface area contributed by atoms with E-state index in [2.05, 4.69) is 15.3 Å². The lowest BCUT2D eigenvalue weighted by atomic mass is 10.2. The van der Waals surface area contributed by atoms with Gasteiger partial charge in [-0.3, -0.25) is 0 Å². The Morgan fingerprint density at radius 1 is 0.857 bits per heavy atom. The third-order valence-electron chi connectivity index (χ3n) is 3.14. The van der Waals surface area contributed by atoms with Crippen molar-refractivity contribution in [2.45, 2.75) is 0 Å². The molecule has 1 N–H and O–H groups in total. The fourth-order valence-corrected chi connectivity index (χ4v) is 2.95. The van der Waals surface area contributed by atoms with Gasteiger partial charge in [-0.1, -0.05) is 41.7 Å². The highest BCUT2D eigenvalue weighted by Crippen LogP contribution is 2.28. The summed E-state index contributed by atoms with van der Waals surface area (Å²) in [7, 11) is 0. The molecule has 21 heavy (non-hydrogen) atoms. The van der Waals surface area contributed by atoms with Crippen molar-refractivity contribution in [3.63, 3.8) is 0 Å². The van der Waals surface area contributed by atoms with Crippen molar-refractivity contribution >= 4 is 16.3 Å². The van der Waals surface area contributed by atoms with Crippen LogP contribution in [0, 0.1) is 0 Å². The van der Waals surface area contributed by atoms with Gasteiger partial charge in [-0.2, -0.15) is 9.61 Å². The van der Waals surface area contributed by atoms with Crippen molar-refractivity contribution in [1.29, 1.82) is 0 Å². The van der Waals surface area contributed by atoms with Crippen molar-refractivity contribution in [1.82, 2.24) is 19.8 Å². The number of hydrogen-bond donors (Lipinski definition) is 1. The van der Waals surface area contributed by atoms with Gasteiger partial charge in [-0.05, 0) is 24.3 Å². The van der Waals surface area contributed by atoms with Gasteiger partial charge >= 0.3 is 0 Å². The predicted octanol–water partition coefficient (Wildman–Crippen LogP) is 3.23. The molecule has 0 amide bonds. The molecule has 5 nitrogen and oxygen atoms in total. The number of aromatic hydroxyl groups is 1. The molecule has 0 atom stereocenters. The minimum atomic E-state index is 0.242. The summed E-state index contributed by atoms with van der Waals surface area (Å²) in [6.45, 7) is 0. The van der Waals surface area contributed by atoms with Gasteiger partial charge in [0.15, 0.2) is 5.82 Å². The molecule has 0 aliphatic rings. The van der Waals surface area contributed by atoms with Crippen LogP contribution in [0.2, 0.25) is 0 Å². The van der Waals surface area contributed by atoms with E-state index in [1.54, 1.807) is 16.6 Å². The third kappa shape index (κ3) is 2.05. The Morgan fingerprint density at radius 3 is 2.38 bits per heavy atom. The second-order valence-electron chi connectivity index (χ2n) is 4.54. The highest BCUT2D eigenvalue weighted by Gasteiger charge is 2.14. The number of nitrogens with zero attached hydrogens (tertiary/aromatic N) is 4. The van der Waals surface area contributed by atoms with Crippen molar-refractivity contribution in [2.24, 2.45) is 0 Å². The van der Waals surface area contributed by atoms with E-state index in [-0.39, 0.29) is 5.75 Å². The van der Waals surface area contributed by atoms with E-state index < -0.39 is 0 Å². The lowest BCUT2D eigenvalue weighted by Crippen LogP contribution is -1.90. The van der Waals surface area contributed by atoms with E-state index in [9.17, 15) is 5.11 Å². The van der Waals surface area contributed by atoms with Crippen LogP contribution in [0.1, 0.15) is 0 Å². The summed E-state index contributed by atoms with van der Waals surface area (Å²) in [5, 5.41) is 23.1. The highest BCUT2D eigenvalue weighted by atomic mass is 32.1. The average molecular weight is 294 g/mol. The molecule has 4 rings (SSSR count). The highest BCUT2D eigenvalue weighted by molar-refractivity contribution is 7.19. The topological polar surface area (TPSA) is 63.3 Å². The summed E-state index contributed by atoms with van der Waals surface area (Å²) < 4.78 is 1.75. The van der Waals surface area contributed by atoms with E-state index in [1.807, 2.05) is 42.5 Å². The molecule has 0 saturated carbocycles. The first-order valence-corrected chi connectivity index (χ1v) is 7.20. The molecular weight excluding hydrogens is 284 g/mol. The number of phenolic OH excluding ortho intramolecular Hbond substituents is 1. The van der Waals surface area contributed by atoms with Gasteiger partial charge in [0.05, 0.1) is 0 Å². The van der Waals surface area contributed by atoms with Crippen molar-refractivity contribution in [2.75, 3.05) is 0 Å². The molecule has 2 aromatic heterocycles. The SMILES string of the molecule is Oc1ccc(-c2nn3c(-c4ccccc4)nnc3s2)cc1. The van der Waals surface area contributed by atoms with Crippen LogP contribution in [0.25, 0.3) is 26.9 Å². The summed E-state index contributed by atoms with van der Waals surface area (Å²) in [4.78, 5) is 0.747. The van der Waals surface area contributed by atoms with E-state index in [0.29, 0.717) is 0 Å². The first kappa shape index (κ1) is 12.0. The molecule has 102 valence electrons. The minimum Gasteiger partial charge on any atom is -0.508 e. The number of phenols is 1. The predicted molar refractivity (Wildman–Crippen MR) is 81.2 cm³/mol. The quantitative estimate of drug-likeness (QED) is 0.616. The number of fused-ring (bicyclic) bond motifs is 1. The molecule has 0 saturated heterocycles. The Hall–Kier alpha value is -2.73. The van der Waals surface area contributed by atoms with Crippen LogP contribution in [-0.2, 0) is 0 Å². The summed E-state index contributed by atoms with van der Waals surface area (Å²) in [6, 6.07) is 16.8. The number of benzene rings is 2. The van der Waals surface area contributed by atoms with Gasteiger partial charge in [0, 0.05) is 11.1 Å². The van der Waals surface area contributed by atoms with Gasteiger partial charge in [0.2, 0.25) is 4.96 Å². The fourth-order valence-electron chi connectivity index (χ4n) is 2.10. The zero-order chi connectivity index (χ0) is 14.2. The van der Waals surface area contributed by atoms with Gasteiger partial charge in [0.25, 0.3) is 0 Å². The number of rotatable bonds is 2. The molecule has 0 aliphatic heterocycles. The molecule has 0 spiro atoms. The maximum Gasteiger partial charge on any atom is 0.235 e. The molecule has 2 heterocycles. The molecule has 0 unspecified atom stereocenters. The number of hydrogen-bond acceptors (Lipinski definition) is 5. The lowest BCUT2D eigenvalue weighted by molar-refractivity contribution is 0.475. The normalized spacial score (nSPS) is 11.0. The van der Waals surface area contributed by atoms with Crippen molar-refractivity contribution < 1.29 is 5.11 Å². The summed E-state index contributed by atoms with van der Waals surface area (Å²) in [6.07, 6.45) is 0. The van der Waals surface area contributed by atoms with Crippen LogP contribution in [0.4, 0.5) is 0 Å². The molecule has 4 aromatic rings. The van der Waals surface area contributed by atoms with Crippen LogP contribution in [0.3, 0.4) is 0 Å². The first-order valence-electron chi connectivity index (χ1n) is 6.38. The van der Waals surface area contributed by atoms with E-state index in [0.717, 1.165) is 26.9 Å². The summed E-state index contributed by atoms with van der Waals surface area (Å²) in [5.41, 5.74) is 1.93. The summed E-state index contributed by atoms with van der Waals surface area (Å²) in [5.74, 6) is 0.971. The molecule has 0 bridgehead atoms. The molecular formula is C15H10N4OS.